The molecule has 1 atom stereocenters. The third-order valence-corrected chi connectivity index (χ3v) is 3.59. The topological polar surface area (TPSA) is 42.7 Å². The van der Waals surface area contributed by atoms with Gasteiger partial charge >= 0.3 is 0 Å². The Morgan fingerprint density at radius 3 is 3.00 bits per heavy atom. The number of aryl methyl sites for hydroxylation is 1. The van der Waals surface area contributed by atoms with Gasteiger partial charge in [0, 0.05) is 19.6 Å². The average Bonchev–Trinajstić information content (AvgIpc) is 2.60. The van der Waals surface area contributed by atoms with Crippen LogP contribution in [0.1, 0.15) is 45.2 Å². The van der Waals surface area contributed by atoms with E-state index in [1.165, 1.54) is 25.7 Å². The lowest BCUT2D eigenvalue weighted by atomic mass is 9.75. The highest BCUT2D eigenvalue weighted by Crippen LogP contribution is 2.35. The fourth-order valence-corrected chi connectivity index (χ4v) is 2.59. The third kappa shape index (κ3) is 2.82. The molecule has 0 aromatic carbocycles. The summed E-state index contributed by atoms with van der Waals surface area (Å²) >= 11 is 0. The molecule has 90 valence electrons. The van der Waals surface area contributed by atoms with Crippen molar-refractivity contribution < 1.29 is 0 Å². The van der Waals surface area contributed by atoms with Gasteiger partial charge in [0.2, 0.25) is 0 Å². The van der Waals surface area contributed by atoms with Crippen molar-refractivity contribution in [2.24, 2.45) is 12.5 Å². The lowest BCUT2D eigenvalue weighted by Gasteiger charge is -2.35. The van der Waals surface area contributed by atoms with Crippen LogP contribution in [0, 0.1) is 5.41 Å². The third-order valence-electron chi connectivity index (χ3n) is 3.59. The molecule has 1 unspecified atom stereocenters. The summed E-state index contributed by atoms with van der Waals surface area (Å²) in [6.45, 7) is 5.61. The number of nitrogens with zero attached hydrogens (tertiary/aromatic N) is 3. The maximum absolute atomic E-state index is 3.94. The first kappa shape index (κ1) is 11.6. The molecule has 1 aliphatic carbocycles. The Kier molecular flexibility index (Phi) is 3.28. The Bertz CT molecular complexity index is 343. The second kappa shape index (κ2) is 4.53. The molecule has 0 amide bonds. The van der Waals surface area contributed by atoms with Crippen molar-refractivity contribution >= 4 is 0 Å². The van der Waals surface area contributed by atoms with Gasteiger partial charge in [-0.1, -0.05) is 25.5 Å². The minimum absolute atomic E-state index is 0.501. The van der Waals surface area contributed by atoms with Crippen molar-refractivity contribution in [2.75, 3.05) is 0 Å². The normalized spacial score (nSPS) is 24.6. The molecule has 1 N–H and O–H groups in total. The monoisotopic (exact) mass is 222 g/mol. The number of hydrogen-bond donors (Lipinski definition) is 1. The summed E-state index contributed by atoms with van der Waals surface area (Å²) in [6, 6.07) is 0.652. The zero-order chi connectivity index (χ0) is 11.6. The van der Waals surface area contributed by atoms with E-state index in [4.69, 9.17) is 0 Å². The van der Waals surface area contributed by atoms with Crippen LogP contribution in [0.15, 0.2) is 6.20 Å². The SMILES string of the molecule is Cn1nncc1CNC1CCCC(C)(C)C1. The second-order valence-corrected chi connectivity index (χ2v) is 5.69. The van der Waals surface area contributed by atoms with Crippen LogP contribution in [-0.2, 0) is 13.6 Å². The van der Waals surface area contributed by atoms with Gasteiger partial charge in [-0.15, -0.1) is 5.10 Å². The van der Waals surface area contributed by atoms with Crippen molar-refractivity contribution in [2.45, 2.75) is 52.1 Å². The van der Waals surface area contributed by atoms with Gasteiger partial charge in [0.05, 0.1) is 11.9 Å². The molecule has 2 rings (SSSR count). The molecule has 1 aromatic heterocycles. The van der Waals surface area contributed by atoms with Gasteiger partial charge in [-0.25, -0.2) is 0 Å². The van der Waals surface area contributed by atoms with Crippen LogP contribution in [-0.4, -0.2) is 21.0 Å². The quantitative estimate of drug-likeness (QED) is 0.849. The van der Waals surface area contributed by atoms with E-state index in [1.807, 2.05) is 17.9 Å². The van der Waals surface area contributed by atoms with E-state index in [0.29, 0.717) is 11.5 Å². The van der Waals surface area contributed by atoms with Gasteiger partial charge in [0.25, 0.3) is 0 Å². The Balaban J connectivity index is 1.84. The molecule has 0 aliphatic heterocycles. The van der Waals surface area contributed by atoms with Crippen LogP contribution in [0.4, 0.5) is 0 Å². The van der Waals surface area contributed by atoms with Crippen LogP contribution >= 0.6 is 0 Å². The molecule has 1 saturated carbocycles. The maximum atomic E-state index is 3.94. The average molecular weight is 222 g/mol. The van der Waals surface area contributed by atoms with E-state index in [1.54, 1.807) is 0 Å². The zero-order valence-electron chi connectivity index (χ0n) is 10.5. The molecule has 16 heavy (non-hydrogen) atoms. The van der Waals surface area contributed by atoms with Gasteiger partial charge in [-0.2, -0.15) is 0 Å². The van der Waals surface area contributed by atoms with Crippen molar-refractivity contribution in [1.82, 2.24) is 20.3 Å². The fraction of sp³-hybridized carbons (Fsp3) is 0.833. The van der Waals surface area contributed by atoms with Crippen LogP contribution in [0.5, 0.6) is 0 Å². The molecular weight excluding hydrogens is 200 g/mol. The van der Waals surface area contributed by atoms with Crippen LogP contribution in [0.2, 0.25) is 0 Å². The predicted octanol–water partition coefficient (Wildman–Crippen LogP) is 1.87. The largest absolute Gasteiger partial charge is 0.308 e. The summed E-state index contributed by atoms with van der Waals surface area (Å²) < 4.78 is 1.83. The summed E-state index contributed by atoms with van der Waals surface area (Å²) in [6.07, 6.45) is 7.11. The predicted molar refractivity (Wildman–Crippen MR) is 63.9 cm³/mol. The molecular formula is C12H22N4. The molecule has 0 radical (unpaired) electrons. The maximum Gasteiger partial charge on any atom is 0.0738 e. The first-order chi connectivity index (χ1) is 7.57. The molecule has 1 fully saturated rings. The van der Waals surface area contributed by atoms with Gasteiger partial charge in [-0.05, 0) is 24.7 Å². The first-order valence-corrected chi connectivity index (χ1v) is 6.14. The molecule has 1 heterocycles. The summed E-state index contributed by atoms with van der Waals surface area (Å²) in [5.41, 5.74) is 1.66. The van der Waals surface area contributed by atoms with E-state index in [0.717, 1.165) is 12.2 Å². The highest BCUT2D eigenvalue weighted by Gasteiger charge is 2.27. The number of nitrogens with one attached hydrogen (secondary N) is 1. The van der Waals surface area contributed by atoms with Crippen LogP contribution in [0.3, 0.4) is 0 Å². The Labute approximate surface area is 97.4 Å². The van der Waals surface area contributed by atoms with Gasteiger partial charge < -0.3 is 5.32 Å². The lowest BCUT2D eigenvalue weighted by Crippen LogP contribution is -2.37. The van der Waals surface area contributed by atoms with Gasteiger partial charge in [-0.3, -0.25) is 4.68 Å². The Hall–Kier alpha value is -0.900. The molecule has 4 nitrogen and oxygen atoms in total. The van der Waals surface area contributed by atoms with Gasteiger partial charge in [0.15, 0.2) is 0 Å². The number of aromatic nitrogens is 3. The Morgan fingerprint density at radius 1 is 1.56 bits per heavy atom. The van der Waals surface area contributed by atoms with E-state index in [9.17, 15) is 0 Å². The lowest BCUT2D eigenvalue weighted by molar-refractivity contribution is 0.197. The van der Waals surface area contributed by atoms with Crippen molar-refractivity contribution in [3.05, 3.63) is 11.9 Å². The first-order valence-electron chi connectivity index (χ1n) is 6.14. The summed E-state index contributed by atoms with van der Waals surface area (Å²) in [5, 5.41) is 11.4. The highest BCUT2D eigenvalue weighted by molar-refractivity contribution is 4.94. The number of rotatable bonds is 3. The molecule has 0 spiro atoms. The zero-order valence-corrected chi connectivity index (χ0v) is 10.5. The van der Waals surface area contributed by atoms with Crippen LogP contribution < -0.4 is 5.32 Å². The minimum Gasteiger partial charge on any atom is -0.308 e. The molecule has 1 aromatic rings. The van der Waals surface area contributed by atoms with E-state index < -0.39 is 0 Å². The van der Waals surface area contributed by atoms with E-state index in [-0.39, 0.29) is 0 Å². The van der Waals surface area contributed by atoms with Crippen LogP contribution in [0.25, 0.3) is 0 Å². The summed E-state index contributed by atoms with van der Waals surface area (Å²) in [5.74, 6) is 0. The van der Waals surface area contributed by atoms with Gasteiger partial charge in [0.1, 0.15) is 0 Å². The second-order valence-electron chi connectivity index (χ2n) is 5.69. The highest BCUT2D eigenvalue weighted by atomic mass is 15.4. The molecule has 0 bridgehead atoms. The standard InChI is InChI=1S/C12H22N4/c1-12(2)6-4-5-10(7-12)13-8-11-9-14-15-16(11)3/h9-10,13H,4-8H2,1-3H3. The molecule has 0 saturated heterocycles. The summed E-state index contributed by atoms with van der Waals surface area (Å²) in [4.78, 5) is 0. The minimum atomic E-state index is 0.501. The van der Waals surface area contributed by atoms with E-state index >= 15 is 0 Å². The number of hydrogen-bond acceptors (Lipinski definition) is 3. The van der Waals surface area contributed by atoms with Crippen molar-refractivity contribution in [3.63, 3.8) is 0 Å². The smallest absolute Gasteiger partial charge is 0.0738 e. The molecule has 1 aliphatic rings. The van der Waals surface area contributed by atoms with E-state index in [2.05, 4.69) is 29.5 Å². The Morgan fingerprint density at radius 2 is 2.38 bits per heavy atom. The van der Waals surface area contributed by atoms with Crippen molar-refractivity contribution in [3.8, 4) is 0 Å². The van der Waals surface area contributed by atoms with Crippen molar-refractivity contribution in [1.29, 1.82) is 0 Å². The fourth-order valence-electron chi connectivity index (χ4n) is 2.59. The summed E-state index contributed by atoms with van der Waals surface area (Å²) in [7, 11) is 1.94. The molecule has 4 heteroatoms.